The topological polar surface area (TPSA) is 138 Å². The maximum absolute atomic E-state index is 9.24. The van der Waals surface area contributed by atoms with Gasteiger partial charge in [-0.05, 0) is 0 Å². The van der Waals surface area contributed by atoms with Crippen LogP contribution in [0.15, 0.2) is 0 Å². The molecule has 0 saturated carbocycles. The summed E-state index contributed by atoms with van der Waals surface area (Å²) in [6.45, 7) is -0.278. The molecule has 67 valence electrons. The van der Waals surface area contributed by atoms with Crippen LogP contribution in [0.1, 0.15) is 0 Å². The van der Waals surface area contributed by atoms with Gasteiger partial charge in [-0.3, -0.25) is 4.79 Å². The van der Waals surface area contributed by atoms with Gasteiger partial charge in [0.25, 0.3) is 0 Å². The summed E-state index contributed by atoms with van der Waals surface area (Å²) in [5, 5.41) is 22.4. The molecule has 0 unspecified atom stereocenters. The van der Waals surface area contributed by atoms with E-state index in [2.05, 4.69) is 5.73 Å². The van der Waals surface area contributed by atoms with Crippen LogP contribution in [0.5, 0.6) is 0 Å². The summed E-state index contributed by atoms with van der Waals surface area (Å²) in [5.41, 5.74) is 4.57. The molecule has 0 aromatic carbocycles. The number of carboxylic acid groups (broad SMARTS) is 3. The first-order chi connectivity index (χ1) is 4.91. The van der Waals surface area contributed by atoms with Gasteiger partial charge >= 0.3 is 17.9 Å². The largest absolute Gasteiger partial charge is 0.480 e. The molecule has 0 aliphatic rings. The second-order valence-electron chi connectivity index (χ2n) is 1.21. The smallest absolute Gasteiger partial charge is 0.414 e. The Balaban J connectivity index is -0.0000000321. The van der Waals surface area contributed by atoms with Gasteiger partial charge in [0, 0.05) is 88.7 Å². The minimum absolute atomic E-state index is 0. The van der Waals surface area contributed by atoms with Crippen molar-refractivity contribution >= 4 is 107 Å². The second-order valence-corrected chi connectivity index (χ2v) is 1.21. The van der Waals surface area contributed by atoms with Crippen LogP contribution in [0, 0.1) is 0 Å². The van der Waals surface area contributed by atoms with Gasteiger partial charge in [-0.15, -0.1) is 0 Å². The zero-order valence-electron chi connectivity index (χ0n) is 8.35. The minimum atomic E-state index is -1.82. The standard InChI is InChI=1S/C2H5NO2.C2H2O4.3Na/c3-1-2(4)5;3-1(4)2(5)6;;;/h1,3H2,(H,4,5);(H,3,4)(H,5,6);;;. The Morgan fingerprint density at radius 1 is 0.857 bits per heavy atom. The molecule has 0 aromatic rings. The van der Waals surface area contributed by atoms with Crippen LogP contribution in [0.2, 0.25) is 0 Å². The minimum Gasteiger partial charge on any atom is -0.480 e. The van der Waals surface area contributed by atoms with Crippen molar-refractivity contribution in [1.29, 1.82) is 0 Å². The molecular formula is C4H7NNa3O6. The fourth-order valence-electron chi connectivity index (χ4n) is 0. The molecule has 0 atom stereocenters. The van der Waals surface area contributed by atoms with E-state index in [4.69, 9.17) is 24.9 Å². The van der Waals surface area contributed by atoms with E-state index in [9.17, 15) is 4.79 Å². The van der Waals surface area contributed by atoms with Gasteiger partial charge in [-0.25, -0.2) is 9.59 Å². The number of hydrogen-bond donors (Lipinski definition) is 4. The average molecular weight is 234 g/mol. The van der Waals surface area contributed by atoms with Gasteiger partial charge in [0.15, 0.2) is 0 Å². The van der Waals surface area contributed by atoms with Crippen molar-refractivity contribution in [2.45, 2.75) is 0 Å². The van der Waals surface area contributed by atoms with Gasteiger partial charge in [0.05, 0.1) is 6.54 Å². The van der Waals surface area contributed by atoms with Gasteiger partial charge < -0.3 is 21.1 Å². The SMILES string of the molecule is NCC(=O)O.O=C(O)C(=O)O.[Na].[Na].[Na]. The fraction of sp³-hybridized carbons (Fsp3) is 0.250. The third kappa shape index (κ3) is 37.7. The van der Waals surface area contributed by atoms with Crippen molar-refractivity contribution in [3.8, 4) is 0 Å². The molecule has 0 spiro atoms. The van der Waals surface area contributed by atoms with E-state index >= 15 is 0 Å². The number of nitrogens with two attached hydrogens (primary N) is 1. The molecule has 0 amide bonds. The van der Waals surface area contributed by atoms with Crippen LogP contribution >= 0.6 is 0 Å². The summed E-state index contributed by atoms with van der Waals surface area (Å²) in [6.07, 6.45) is 0. The van der Waals surface area contributed by atoms with Crippen LogP contribution in [-0.4, -0.2) is 128 Å². The number of carboxylic acids is 3. The summed E-state index contributed by atoms with van der Waals surface area (Å²) < 4.78 is 0. The van der Waals surface area contributed by atoms with Gasteiger partial charge in [-0.1, -0.05) is 0 Å². The van der Waals surface area contributed by atoms with Crippen molar-refractivity contribution in [3.05, 3.63) is 0 Å². The monoisotopic (exact) mass is 234 g/mol. The van der Waals surface area contributed by atoms with Crippen molar-refractivity contribution in [2.24, 2.45) is 5.73 Å². The first-order valence-electron chi connectivity index (χ1n) is 2.29. The summed E-state index contributed by atoms with van der Waals surface area (Å²) in [5.74, 6) is -4.62. The molecule has 3 radical (unpaired) electrons. The molecule has 0 heterocycles. The maximum Gasteiger partial charge on any atom is 0.414 e. The molecule has 7 nitrogen and oxygen atoms in total. The molecule has 5 N–H and O–H groups in total. The molecule has 0 fully saturated rings. The van der Waals surface area contributed by atoms with E-state index in [0.717, 1.165) is 0 Å². The van der Waals surface area contributed by atoms with Crippen molar-refractivity contribution in [1.82, 2.24) is 0 Å². The zero-order chi connectivity index (χ0) is 9.44. The Kier molecular flexibility index (Phi) is 41.9. The van der Waals surface area contributed by atoms with Crippen LogP contribution in [0.3, 0.4) is 0 Å². The molecule has 0 aromatic heterocycles. The van der Waals surface area contributed by atoms with E-state index in [1.165, 1.54) is 0 Å². The summed E-state index contributed by atoms with van der Waals surface area (Å²) in [4.78, 5) is 27.4. The predicted molar refractivity (Wildman–Crippen MR) is 49.2 cm³/mol. The first kappa shape index (κ1) is 29.5. The predicted octanol–water partition coefficient (Wildman–Crippen LogP) is -2.96. The number of carbonyl (C=O) groups is 3. The van der Waals surface area contributed by atoms with Gasteiger partial charge in [0.1, 0.15) is 0 Å². The molecule has 0 aliphatic carbocycles. The summed E-state index contributed by atoms with van der Waals surface area (Å²) in [6, 6.07) is 0. The van der Waals surface area contributed by atoms with E-state index < -0.39 is 17.9 Å². The number of rotatable bonds is 1. The third-order valence-corrected chi connectivity index (χ3v) is 0.358. The van der Waals surface area contributed by atoms with E-state index in [0.29, 0.717) is 0 Å². The molecule has 10 heteroatoms. The Bertz CT molecular complexity index is 162. The van der Waals surface area contributed by atoms with E-state index in [1.807, 2.05) is 0 Å². The first-order valence-corrected chi connectivity index (χ1v) is 2.29. The summed E-state index contributed by atoms with van der Waals surface area (Å²) in [7, 11) is 0. The van der Waals surface area contributed by atoms with Gasteiger partial charge in [0.2, 0.25) is 0 Å². The van der Waals surface area contributed by atoms with E-state index in [-0.39, 0.29) is 95.2 Å². The summed E-state index contributed by atoms with van der Waals surface area (Å²) >= 11 is 0. The fourth-order valence-corrected chi connectivity index (χ4v) is 0. The average Bonchev–Trinajstić information content (AvgIpc) is 1.89. The Labute approximate surface area is 146 Å². The third-order valence-electron chi connectivity index (χ3n) is 0.358. The van der Waals surface area contributed by atoms with Gasteiger partial charge in [-0.2, -0.15) is 0 Å². The second kappa shape index (κ2) is 19.9. The molecular weight excluding hydrogens is 227 g/mol. The van der Waals surface area contributed by atoms with E-state index in [1.54, 1.807) is 0 Å². The quantitative estimate of drug-likeness (QED) is 0.281. The van der Waals surface area contributed by atoms with Crippen molar-refractivity contribution in [3.63, 3.8) is 0 Å². The normalized spacial score (nSPS) is 5.79. The molecule has 0 rings (SSSR count). The van der Waals surface area contributed by atoms with Crippen LogP contribution in [-0.2, 0) is 14.4 Å². The van der Waals surface area contributed by atoms with Crippen molar-refractivity contribution < 1.29 is 29.7 Å². The molecule has 0 bridgehead atoms. The Morgan fingerprint density at radius 2 is 1.00 bits per heavy atom. The van der Waals surface area contributed by atoms with Crippen LogP contribution in [0.4, 0.5) is 0 Å². The molecule has 0 saturated heterocycles. The molecule has 0 aliphatic heterocycles. The molecule has 14 heavy (non-hydrogen) atoms. The maximum atomic E-state index is 9.24. The number of hydrogen-bond acceptors (Lipinski definition) is 4. The zero-order valence-corrected chi connectivity index (χ0v) is 14.4. The van der Waals surface area contributed by atoms with Crippen LogP contribution in [0.25, 0.3) is 0 Å². The Hall–Kier alpha value is 1.37. The van der Waals surface area contributed by atoms with Crippen molar-refractivity contribution in [2.75, 3.05) is 6.54 Å². The number of aliphatic carboxylic acids is 3. The Morgan fingerprint density at radius 3 is 1.00 bits per heavy atom. The van der Waals surface area contributed by atoms with Crippen LogP contribution < -0.4 is 5.73 Å².